The molecule has 0 aliphatic carbocycles. The van der Waals surface area contributed by atoms with Gasteiger partial charge in [0.2, 0.25) is 0 Å². The molecule has 1 heterocycles. The van der Waals surface area contributed by atoms with Crippen LogP contribution in [0, 0.1) is 11.3 Å². The summed E-state index contributed by atoms with van der Waals surface area (Å²) in [7, 11) is 0. The summed E-state index contributed by atoms with van der Waals surface area (Å²) in [5.41, 5.74) is 2.60. The number of rotatable bonds is 7. The van der Waals surface area contributed by atoms with Gasteiger partial charge in [-0.1, -0.05) is 44.4 Å². The van der Waals surface area contributed by atoms with Gasteiger partial charge < -0.3 is 4.57 Å². The molecule has 0 bridgehead atoms. The van der Waals surface area contributed by atoms with Crippen LogP contribution in [0.25, 0.3) is 0 Å². The molecule has 0 spiro atoms. The number of benzene rings is 1. The van der Waals surface area contributed by atoms with Crippen molar-refractivity contribution in [3.63, 3.8) is 0 Å². The minimum Gasteiger partial charge on any atom is -0.311 e. The van der Waals surface area contributed by atoms with E-state index >= 15 is 0 Å². The summed E-state index contributed by atoms with van der Waals surface area (Å²) in [5, 5.41) is 9.11. The first-order valence-electron chi connectivity index (χ1n) is 7.92. The molecule has 0 saturated heterocycles. The normalized spacial score (nSPS) is 10.4. The number of hydrogen-bond acceptors (Lipinski definition) is 2. The summed E-state index contributed by atoms with van der Waals surface area (Å²) in [5.74, 6) is 0. The molecule has 22 heavy (non-hydrogen) atoms. The van der Waals surface area contributed by atoms with E-state index in [0.29, 0.717) is 12.1 Å². The third-order valence-electron chi connectivity index (χ3n) is 3.86. The van der Waals surface area contributed by atoms with E-state index in [1.165, 1.54) is 19.3 Å². The van der Waals surface area contributed by atoms with E-state index in [9.17, 15) is 4.79 Å². The highest BCUT2D eigenvalue weighted by Crippen LogP contribution is 2.10. The Bertz CT molecular complexity index is 710. The molecule has 114 valence electrons. The lowest BCUT2D eigenvalue weighted by molar-refractivity contribution is 0.663. The second kappa shape index (κ2) is 8.19. The molecule has 0 fully saturated rings. The molecule has 0 atom stereocenters. The van der Waals surface area contributed by atoms with Crippen LogP contribution < -0.4 is 5.56 Å². The molecule has 3 heteroatoms. The van der Waals surface area contributed by atoms with Gasteiger partial charge >= 0.3 is 0 Å². The molecule has 0 amide bonds. The van der Waals surface area contributed by atoms with E-state index in [2.05, 4.69) is 13.0 Å². The van der Waals surface area contributed by atoms with Gasteiger partial charge in [-0.2, -0.15) is 5.26 Å². The molecule has 2 rings (SSSR count). The average Bonchev–Trinajstić information content (AvgIpc) is 2.54. The number of nitrogens with zero attached hydrogens (tertiary/aromatic N) is 2. The van der Waals surface area contributed by atoms with Crippen molar-refractivity contribution < 1.29 is 0 Å². The number of aromatic nitrogens is 1. The van der Waals surface area contributed by atoms with E-state index in [1.807, 2.05) is 30.5 Å². The summed E-state index contributed by atoms with van der Waals surface area (Å²) in [6, 6.07) is 13.3. The highest BCUT2D eigenvalue weighted by Gasteiger charge is 2.04. The zero-order chi connectivity index (χ0) is 15.8. The van der Waals surface area contributed by atoms with Gasteiger partial charge in [0.15, 0.2) is 0 Å². The molecule has 0 aliphatic heterocycles. The Hall–Kier alpha value is -2.34. The third-order valence-corrected chi connectivity index (χ3v) is 3.86. The molecule has 0 radical (unpaired) electrons. The molecule has 2 aromatic rings. The molecular formula is C19H22N2O. The number of nitriles is 1. The van der Waals surface area contributed by atoms with Gasteiger partial charge in [0.05, 0.1) is 18.2 Å². The minimum absolute atomic E-state index is 0.000680. The molecule has 1 aromatic carbocycles. The van der Waals surface area contributed by atoms with E-state index in [1.54, 1.807) is 16.7 Å². The van der Waals surface area contributed by atoms with Crippen molar-refractivity contribution in [2.24, 2.45) is 0 Å². The largest absolute Gasteiger partial charge is 0.311 e. The van der Waals surface area contributed by atoms with Gasteiger partial charge in [0, 0.05) is 12.3 Å². The third kappa shape index (κ3) is 4.33. The van der Waals surface area contributed by atoms with E-state index < -0.39 is 0 Å². The monoisotopic (exact) mass is 294 g/mol. The number of aryl methyl sites for hydroxylation is 1. The van der Waals surface area contributed by atoms with Crippen LogP contribution in [0.2, 0.25) is 0 Å². The summed E-state index contributed by atoms with van der Waals surface area (Å²) >= 11 is 0. The topological polar surface area (TPSA) is 45.8 Å². The Labute approximate surface area is 131 Å². The van der Waals surface area contributed by atoms with Gasteiger partial charge in [0.1, 0.15) is 0 Å². The van der Waals surface area contributed by atoms with E-state index in [4.69, 9.17) is 5.26 Å². The Morgan fingerprint density at radius 2 is 1.95 bits per heavy atom. The average molecular weight is 294 g/mol. The smallest absolute Gasteiger partial charge is 0.251 e. The molecule has 0 N–H and O–H groups in total. The van der Waals surface area contributed by atoms with Gasteiger partial charge in [-0.15, -0.1) is 0 Å². The fourth-order valence-electron chi connectivity index (χ4n) is 2.54. The lowest BCUT2D eigenvalue weighted by Crippen LogP contribution is -2.20. The van der Waals surface area contributed by atoms with Crippen molar-refractivity contribution >= 4 is 0 Å². The maximum absolute atomic E-state index is 12.2. The van der Waals surface area contributed by atoms with Crippen molar-refractivity contribution in [1.29, 1.82) is 5.26 Å². The first-order valence-corrected chi connectivity index (χ1v) is 7.92. The molecule has 0 unspecified atom stereocenters. The van der Waals surface area contributed by atoms with Crippen LogP contribution in [0.3, 0.4) is 0 Å². The van der Waals surface area contributed by atoms with Gasteiger partial charge in [-0.25, -0.2) is 0 Å². The van der Waals surface area contributed by atoms with Crippen LogP contribution in [0.1, 0.15) is 49.3 Å². The van der Waals surface area contributed by atoms with Gasteiger partial charge in [-0.05, 0) is 36.1 Å². The Kier molecular flexibility index (Phi) is 5.97. The number of pyridine rings is 1. The van der Waals surface area contributed by atoms with E-state index in [0.717, 1.165) is 24.0 Å². The van der Waals surface area contributed by atoms with Crippen LogP contribution in [-0.2, 0) is 13.0 Å². The molecule has 1 aromatic heterocycles. The van der Waals surface area contributed by atoms with Crippen molar-refractivity contribution in [3.8, 4) is 6.07 Å². The van der Waals surface area contributed by atoms with Crippen LogP contribution >= 0.6 is 0 Å². The molecule has 0 aliphatic rings. The van der Waals surface area contributed by atoms with Gasteiger partial charge in [-0.3, -0.25) is 4.79 Å². The highest BCUT2D eigenvalue weighted by atomic mass is 16.1. The van der Waals surface area contributed by atoms with Crippen molar-refractivity contribution in [2.75, 3.05) is 0 Å². The Morgan fingerprint density at radius 1 is 1.14 bits per heavy atom. The molecule has 0 saturated carbocycles. The first kappa shape index (κ1) is 16.0. The van der Waals surface area contributed by atoms with E-state index in [-0.39, 0.29) is 5.56 Å². The van der Waals surface area contributed by atoms with Crippen molar-refractivity contribution in [2.45, 2.75) is 45.6 Å². The number of unbranched alkanes of at least 4 members (excludes halogenated alkanes) is 3. The summed E-state index contributed by atoms with van der Waals surface area (Å²) in [6.45, 7) is 2.64. The predicted octanol–water partition coefficient (Wildman–Crippen LogP) is 3.89. The predicted molar refractivity (Wildman–Crippen MR) is 88.8 cm³/mol. The molecular weight excluding hydrogens is 272 g/mol. The maximum atomic E-state index is 12.2. The number of hydrogen-bond donors (Lipinski definition) is 0. The van der Waals surface area contributed by atoms with Gasteiger partial charge in [0.25, 0.3) is 5.56 Å². The molecule has 3 nitrogen and oxygen atoms in total. The standard InChI is InChI=1S/C19H22N2O/c1-2-3-4-5-8-16-11-12-21(19(22)13-16)15-18-10-7-6-9-17(18)14-20/h6-7,9-13H,2-5,8,15H2,1H3. The second-order valence-electron chi connectivity index (χ2n) is 5.58. The summed E-state index contributed by atoms with van der Waals surface area (Å²) in [4.78, 5) is 12.2. The van der Waals surface area contributed by atoms with Crippen LogP contribution in [0.4, 0.5) is 0 Å². The maximum Gasteiger partial charge on any atom is 0.251 e. The Balaban J connectivity index is 2.07. The van der Waals surface area contributed by atoms with Crippen molar-refractivity contribution in [3.05, 3.63) is 69.6 Å². The zero-order valence-corrected chi connectivity index (χ0v) is 13.1. The SMILES string of the molecule is CCCCCCc1ccn(Cc2ccccc2C#N)c(=O)c1. The fraction of sp³-hybridized carbons (Fsp3) is 0.368. The first-order chi connectivity index (χ1) is 10.7. The minimum atomic E-state index is 0.000680. The highest BCUT2D eigenvalue weighted by molar-refractivity contribution is 5.37. The summed E-state index contributed by atoms with van der Waals surface area (Å²) < 4.78 is 1.66. The lowest BCUT2D eigenvalue weighted by atomic mass is 10.1. The van der Waals surface area contributed by atoms with Crippen LogP contribution in [-0.4, -0.2) is 4.57 Å². The second-order valence-corrected chi connectivity index (χ2v) is 5.58. The Morgan fingerprint density at radius 3 is 2.68 bits per heavy atom. The summed E-state index contributed by atoms with van der Waals surface area (Å²) in [6.07, 6.45) is 7.63. The van der Waals surface area contributed by atoms with Crippen LogP contribution in [0.15, 0.2) is 47.4 Å². The lowest BCUT2D eigenvalue weighted by Gasteiger charge is -2.08. The van der Waals surface area contributed by atoms with Crippen molar-refractivity contribution in [1.82, 2.24) is 4.57 Å². The quantitative estimate of drug-likeness (QED) is 0.727. The zero-order valence-electron chi connectivity index (χ0n) is 13.1. The fourth-order valence-corrected chi connectivity index (χ4v) is 2.54. The van der Waals surface area contributed by atoms with Crippen LogP contribution in [0.5, 0.6) is 0 Å².